The number of nitrogens with one attached hydrogen (secondary N) is 1. The van der Waals surface area contributed by atoms with Crippen molar-refractivity contribution in [1.29, 1.82) is 0 Å². The maximum atomic E-state index is 12.2. The summed E-state index contributed by atoms with van der Waals surface area (Å²) >= 11 is 1.97. The van der Waals surface area contributed by atoms with E-state index in [-0.39, 0.29) is 22.0 Å². The molecule has 4 heteroatoms. The number of nitrogens with two attached hydrogens (primary N) is 1. The first-order chi connectivity index (χ1) is 8.26. The van der Waals surface area contributed by atoms with E-state index in [0.717, 1.165) is 13.0 Å². The van der Waals surface area contributed by atoms with Gasteiger partial charge in [-0.25, -0.2) is 0 Å². The largest absolute Gasteiger partial charge is 0.354 e. The third-order valence-corrected chi connectivity index (χ3v) is 4.99. The molecule has 2 unspecified atom stereocenters. The average Bonchev–Trinajstić information content (AvgIpc) is 2.69. The number of hydrogen-bond donors (Lipinski definition) is 2. The van der Waals surface area contributed by atoms with Crippen LogP contribution >= 0.6 is 11.8 Å². The van der Waals surface area contributed by atoms with E-state index in [2.05, 4.69) is 33.0 Å². The third kappa shape index (κ3) is 5.19. The van der Waals surface area contributed by atoms with Crippen molar-refractivity contribution in [3.05, 3.63) is 0 Å². The minimum atomic E-state index is -0.0556. The zero-order chi connectivity index (χ0) is 13.8. The summed E-state index contributed by atoms with van der Waals surface area (Å²) in [6.45, 7) is 9.90. The second kappa shape index (κ2) is 6.29. The molecule has 1 aliphatic rings. The maximum Gasteiger partial charge on any atom is 0.224 e. The van der Waals surface area contributed by atoms with E-state index in [9.17, 15) is 4.79 Å². The SMILES string of the molecule is CC(C)(C)CC(CN)C(=O)NCC1(C)CCCS1. The number of amides is 1. The van der Waals surface area contributed by atoms with Crippen molar-refractivity contribution in [2.24, 2.45) is 17.1 Å². The Morgan fingerprint density at radius 3 is 2.61 bits per heavy atom. The molecule has 1 amide bonds. The predicted molar refractivity (Wildman–Crippen MR) is 79.7 cm³/mol. The molecular formula is C14H28N2OS. The molecule has 1 aliphatic heterocycles. The van der Waals surface area contributed by atoms with Crippen molar-refractivity contribution in [3.63, 3.8) is 0 Å². The lowest BCUT2D eigenvalue weighted by atomic mass is 9.84. The zero-order valence-electron chi connectivity index (χ0n) is 12.2. The molecule has 3 N–H and O–H groups in total. The van der Waals surface area contributed by atoms with Crippen LogP contribution in [0.1, 0.15) is 47.0 Å². The minimum absolute atomic E-state index is 0.0556. The normalized spacial score (nSPS) is 26.1. The molecule has 3 nitrogen and oxygen atoms in total. The summed E-state index contributed by atoms with van der Waals surface area (Å²) in [5.41, 5.74) is 5.88. The van der Waals surface area contributed by atoms with Crippen LogP contribution < -0.4 is 11.1 Å². The van der Waals surface area contributed by atoms with E-state index < -0.39 is 0 Å². The van der Waals surface area contributed by atoms with Crippen LogP contribution in [0.5, 0.6) is 0 Å². The van der Waals surface area contributed by atoms with Crippen molar-refractivity contribution in [3.8, 4) is 0 Å². The maximum absolute atomic E-state index is 12.2. The number of rotatable bonds is 5. The van der Waals surface area contributed by atoms with E-state index >= 15 is 0 Å². The first-order valence-electron chi connectivity index (χ1n) is 6.87. The van der Waals surface area contributed by atoms with Gasteiger partial charge in [0, 0.05) is 17.8 Å². The monoisotopic (exact) mass is 272 g/mol. The van der Waals surface area contributed by atoms with Gasteiger partial charge in [0.1, 0.15) is 0 Å². The predicted octanol–water partition coefficient (Wildman–Crippen LogP) is 2.40. The number of hydrogen-bond acceptors (Lipinski definition) is 3. The molecule has 1 fully saturated rings. The molecule has 1 heterocycles. The Morgan fingerprint density at radius 2 is 2.17 bits per heavy atom. The van der Waals surface area contributed by atoms with Gasteiger partial charge >= 0.3 is 0 Å². The lowest BCUT2D eigenvalue weighted by Crippen LogP contribution is -2.42. The second-order valence-electron chi connectivity index (χ2n) is 6.82. The van der Waals surface area contributed by atoms with Gasteiger partial charge in [0.15, 0.2) is 0 Å². The van der Waals surface area contributed by atoms with Gasteiger partial charge in [0.05, 0.1) is 5.92 Å². The lowest BCUT2D eigenvalue weighted by Gasteiger charge is -2.27. The summed E-state index contributed by atoms with van der Waals surface area (Å²) in [4.78, 5) is 12.2. The highest BCUT2D eigenvalue weighted by Gasteiger charge is 2.31. The van der Waals surface area contributed by atoms with Gasteiger partial charge in [0.2, 0.25) is 5.91 Å². The van der Waals surface area contributed by atoms with Gasteiger partial charge in [-0.1, -0.05) is 20.8 Å². The van der Waals surface area contributed by atoms with E-state index in [0.29, 0.717) is 6.54 Å². The van der Waals surface area contributed by atoms with Crippen LogP contribution in [0, 0.1) is 11.3 Å². The van der Waals surface area contributed by atoms with Crippen LogP contribution in [0.2, 0.25) is 0 Å². The summed E-state index contributed by atoms with van der Waals surface area (Å²) in [5, 5.41) is 3.10. The Morgan fingerprint density at radius 1 is 1.50 bits per heavy atom. The molecule has 0 radical (unpaired) electrons. The smallest absolute Gasteiger partial charge is 0.224 e. The van der Waals surface area contributed by atoms with Crippen LogP contribution in [0.25, 0.3) is 0 Å². The average molecular weight is 272 g/mol. The highest BCUT2D eigenvalue weighted by molar-refractivity contribution is 8.00. The van der Waals surface area contributed by atoms with E-state index in [4.69, 9.17) is 5.73 Å². The summed E-state index contributed by atoms with van der Waals surface area (Å²) in [6, 6.07) is 0. The Labute approximate surface area is 116 Å². The van der Waals surface area contributed by atoms with Crippen molar-refractivity contribution in [2.45, 2.75) is 51.7 Å². The Bertz CT molecular complexity index is 280. The minimum Gasteiger partial charge on any atom is -0.354 e. The van der Waals surface area contributed by atoms with E-state index in [1.807, 2.05) is 11.8 Å². The quantitative estimate of drug-likeness (QED) is 0.808. The molecule has 0 saturated carbocycles. The molecule has 2 atom stereocenters. The number of carbonyl (C=O) groups is 1. The fourth-order valence-corrected chi connectivity index (χ4v) is 3.66. The van der Waals surface area contributed by atoms with Crippen LogP contribution in [0.3, 0.4) is 0 Å². The summed E-state index contributed by atoms with van der Waals surface area (Å²) in [7, 11) is 0. The fraction of sp³-hybridized carbons (Fsp3) is 0.929. The van der Waals surface area contributed by atoms with Gasteiger partial charge in [0.25, 0.3) is 0 Å². The molecule has 18 heavy (non-hydrogen) atoms. The molecule has 1 rings (SSSR count). The van der Waals surface area contributed by atoms with E-state index in [1.54, 1.807) is 0 Å². The topological polar surface area (TPSA) is 55.1 Å². The van der Waals surface area contributed by atoms with Crippen LogP contribution in [-0.4, -0.2) is 29.5 Å². The van der Waals surface area contributed by atoms with Gasteiger partial charge in [-0.3, -0.25) is 4.79 Å². The molecule has 1 saturated heterocycles. The van der Waals surface area contributed by atoms with Crippen molar-refractivity contribution in [1.82, 2.24) is 5.32 Å². The Kier molecular flexibility index (Phi) is 5.53. The lowest BCUT2D eigenvalue weighted by molar-refractivity contribution is -0.125. The summed E-state index contributed by atoms with van der Waals surface area (Å²) in [6.07, 6.45) is 3.31. The molecule has 0 aliphatic carbocycles. The van der Waals surface area contributed by atoms with Crippen molar-refractivity contribution in [2.75, 3.05) is 18.8 Å². The van der Waals surface area contributed by atoms with Crippen molar-refractivity contribution < 1.29 is 4.79 Å². The highest BCUT2D eigenvalue weighted by Crippen LogP contribution is 2.37. The fourth-order valence-electron chi connectivity index (χ4n) is 2.42. The molecular weight excluding hydrogens is 244 g/mol. The molecule has 0 aromatic rings. The van der Waals surface area contributed by atoms with Crippen LogP contribution in [0.15, 0.2) is 0 Å². The van der Waals surface area contributed by atoms with Gasteiger partial charge < -0.3 is 11.1 Å². The van der Waals surface area contributed by atoms with Crippen molar-refractivity contribution >= 4 is 17.7 Å². The molecule has 0 spiro atoms. The van der Waals surface area contributed by atoms with Gasteiger partial charge in [-0.05, 0) is 37.4 Å². The third-order valence-electron chi connectivity index (χ3n) is 3.45. The number of thioether (sulfide) groups is 1. The summed E-state index contributed by atoms with van der Waals surface area (Å²) < 4.78 is 0.233. The van der Waals surface area contributed by atoms with Crippen LogP contribution in [-0.2, 0) is 4.79 Å². The first kappa shape index (κ1) is 15.8. The summed E-state index contributed by atoms with van der Waals surface area (Å²) in [5.74, 6) is 1.29. The molecule has 0 aromatic carbocycles. The first-order valence-corrected chi connectivity index (χ1v) is 7.86. The second-order valence-corrected chi connectivity index (χ2v) is 8.50. The number of carbonyl (C=O) groups excluding carboxylic acids is 1. The Balaban J connectivity index is 2.42. The van der Waals surface area contributed by atoms with E-state index in [1.165, 1.54) is 18.6 Å². The standard InChI is InChI=1S/C14H28N2OS/c1-13(2,3)8-11(9-15)12(17)16-10-14(4)6-5-7-18-14/h11H,5-10,15H2,1-4H3,(H,16,17). The zero-order valence-corrected chi connectivity index (χ0v) is 13.0. The highest BCUT2D eigenvalue weighted by atomic mass is 32.2. The molecule has 0 aromatic heterocycles. The molecule has 0 bridgehead atoms. The van der Waals surface area contributed by atoms with Crippen LogP contribution in [0.4, 0.5) is 0 Å². The van der Waals surface area contributed by atoms with Gasteiger partial charge in [-0.2, -0.15) is 11.8 Å². The molecule has 106 valence electrons. The van der Waals surface area contributed by atoms with Gasteiger partial charge in [-0.15, -0.1) is 0 Å². The Hall–Kier alpha value is -0.220.